The molecule has 1 nitrogen and oxygen atoms in total. The van der Waals surface area contributed by atoms with Gasteiger partial charge in [-0.2, -0.15) is 0 Å². The fourth-order valence-electron chi connectivity index (χ4n) is 2.95. The fraction of sp³-hybridized carbons (Fsp3) is 0.667. The molecule has 0 bridgehead atoms. The van der Waals surface area contributed by atoms with Gasteiger partial charge in [-0.1, -0.05) is 49.9 Å². The Labute approximate surface area is 109 Å². The Morgan fingerprint density at radius 1 is 1.35 bits per heavy atom. The number of halogens is 1. The maximum Gasteiger partial charge on any atom is 0.139 e. The van der Waals surface area contributed by atoms with Gasteiger partial charge in [0.05, 0.1) is 0 Å². The molecule has 0 aromatic rings. The zero-order valence-electron chi connectivity index (χ0n) is 10.5. The molecule has 2 rings (SSSR count). The van der Waals surface area contributed by atoms with Gasteiger partial charge < -0.3 is 0 Å². The summed E-state index contributed by atoms with van der Waals surface area (Å²) < 4.78 is 0. The lowest BCUT2D eigenvalue weighted by Crippen LogP contribution is -2.17. The zero-order valence-corrected chi connectivity index (χ0v) is 11.3. The van der Waals surface area contributed by atoms with Crippen molar-refractivity contribution in [3.8, 4) is 0 Å². The minimum absolute atomic E-state index is 0.0276. The molecule has 1 saturated carbocycles. The highest BCUT2D eigenvalue weighted by Crippen LogP contribution is 2.38. The smallest absolute Gasteiger partial charge is 0.139 e. The molecule has 94 valence electrons. The van der Waals surface area contributed by atoms with Crippen LogP contribution < -0.4 is 0 Å². The zero-order chi connectivity index (χ0) is 12.3. The molecule has 0 saturated heterocycles. The van der Waals surface area contributed by atoms with Crippen molar-refractivity contribution in [2.45, 2.75) is 51.9 Å². The van der Waals surface area contributed by atoms with E-state index in [2.05, 4.69) is 6.08 Å². The average molecular weight is 253 g/mol. The summed E-state index contributed by atoms with van der Waals surface area (Å²) in [5.41, 5.74) is 1.31. The van der Waals surface area contributed by atoms with E-state index in [0.717, 1.165) is 11.5 Å². The molecule has 1 atom stereocenters. The van der Waals surface area contributed by atoms with E-state index >= 15 is 0 Å². The van der Waals surface area contributed by atoms with Gasteiger partial charge in [-0.25, -0.2) is 0 Å². The summed E-state index contributed by atoms with van der Waals surface area (Å²) >= 11 is 6.35. The minimum Gasteiger partial charge on any atom is -0.299 e. The van der Waals surface area contributed by atoms with Gasteiger partial charge in [-0.3, -0.25) is 4.79 Å². The van der Waals surface area contributed by atoms with Crippen LogP contribution in [0.1, 0.15) is 51.9 Å². The van der Waals surface area contributed by atoms with E-state index in [9.17, 15) is 4.79 Å². The first-order valence-electron chi connectivity index (χ1n) is 6.82. The maximum absolute atomic E-state index is 11.7. The van der Waals surface area contributed by atoms with E-state index in [1.165, 1.54) is 37.7 Å². The lowest BCUT2D eigenvalue weighted by Gasteiger charge is -2.27. The molecule has 2 aliphatic rings. The van der Waals surface area contributed by atoms with E-state index in [1.807, 2.05) is 13.0 Å². The first-order chi connectivity index (χ1) is 8.22. The topological polar surface area (TPSA) is 17.1 Å². The largest absolute Gasteiger partial charge is 0.299 e. The fourth-order valence-corrected chi connectivity index (χ4v) is 3.34. The normalized spacial score (nSPS) is 26.4. The first-order valence-corrected chi connectivity index (χ1v) is 7.20. The number of carbonyl (C=O) groups is 1. The van der Waals surface area contributed by atoms with E-state index < -0.39 is 0 Å². The first kappa shape index (κ1) is 12.9. The second kappa shape index (κ2) is 5.86. The van der Waals surface area contributed by atoms with Crippen molar-refractivity contribution >= 4 is 17.4 Å². The standard InChI is InChI=1S/C15H21ClO/c1-2-15(17)12-8-9-13(14(16)10-12)11-6-4-3-5-7-11/h9-12H,2-8H2,1H3/t12-/m1/s1. The van der Waals surface area contributed by atoms with E-state index in [-0.39, 0.29) is 5.92 Å². The maximum atomic E-state index is 11.7. The predicted molar refractivity (Wildman–Crippen MR) is 72.0 cm³/mol. The molecule has 0 spiro atoms. The number of carbonyl (C=O) groups excluding carboxylic acids is 1. The molecular formula is C15H21ClO. The van der Waals surface area contributed by atoms with Gasteiger partial charge in [0.1, 0.15) is 5.78 Å². The number of Topliss-reactive ketones (excluding diaryl/α,β-unsaturated/α-hetero) is 1. The third kappa shape index (κ3) is 3.01. The summed E-state index contributed by atoms with van der Waals surface area (Å²) in [5.74, 6) is 0.979. The average Bonchev–Trinajstić information content (AvgIpc) is 2.38. The lowest BCUT2D eigenvalue weighted by molar-refractivity contribution is -0.121. The van der Waals surface area contributed by atoms with Crippen LogP contribution in [-0.4, -0.2) is 5.78 Å². The van der Waals surface area contributed by atoms with E-state index in [1.54, 1.807) is 0 Å². The van der Waals surface area contributed by atoms with E-state index in [0.29, 0.717) is 18.1 Å². The van der Waals surface area contributed by atoms with Crippen molar-refractivity contribution < 1.29 is 4.79 Å². The summed E-state index contributed by atoms with van der Waals surface area (Å²) in [6, 6.07) is 0. The SMILES string of the molecule is CCC(=O)[C@H]1C=C(Cl)C(C2CCCCC2)=CC1. The molecule has 0 aliphatic heterocycles. The molecule has 0 N–H and O–H groups in total. The summed E-state index contributed by atoms with van der Waals surface area (Å²) in [7, 11) is 0. The monoisotopic (exact) mass is 252 g/mol. The molecule has 0 heterocycles. The van der Waals surface area contributed by atoms with Crippen molar-refractivity contribution in [3.05, 3.63) is 22.8 Å². The molecule has 17 heavy (non-hydrogen) atoms. The second-order valence-corrected chi connectivity index (χ2v) is 5.58. The third-order valence-electron chi connectivity index (χ3n) is 4.02. The summed E-state index contributed by atoms with van der Waals surface area (Å²) in [5, 5.41) is 0.843. The van der Waals surface area contributed by atoms with E-state index in [4.69, 9.17) is 11.6 Å². The second-order valence-electron chi connectivity index (χ2n) is 5.17. The van der Waals surface area contributed by atoms with Crippen LogP contribution in [0.25, 0.3) is 0 Å². The molecule has 1 fully saturated rings. The van der Waals surface area contributed by atoms with Gasteiger partial charge in [0.15, 0.2) is 0 Å². The van der Waals surface area contributed by atoms with Crippen LogP contribution in [0.4, 0.5) is 0 Å². The van der Waals surface area contributed by atoms with Gasteiger partial charge in [-0.05, 0) is 30.8 Å². The van der Waals surface area contributed by atoms with Crippen molar-refractivity contribution in [2.24, 2.45) is 11.8 Å². The molecule has 0 amide bonds. The Bertz CT molecular complexity index is 348. The Hall–Kier alpha value is -0.560. The number of allylic oxidation sites excluding steroid dienone is 4. The van der Waals surface area contributed by atoms with Crippen molar-refractivity contribution in [1.82, 2.24) is 0 Å². The molecule has 0 unspecified atom stereocenters. The Morgan fingerprint density at radius 3 is 2.65 bits per heavy atom. The van der Waals surface area contributed by atoms with Crippen LogP contribution >= 0.6 is 11.6 Å². The van der Waals surface area contributed by atoms with Crippen molar-refractivity contribution in [1.29, 1.82) is 0 Å². The summed E-state index contributed by atoms with van der Waals surface area (Å²) in [6.07, 6.45) is 12.2. The van der Waals surface area contributed by atoms with Gasteiger partial charge in [0, 0.05) is 17.4 Å². The molecule has 2 aliphatic carbocycles. The van der Waals surface area contributed by atoms with Crippen LogP contribution in [-0.2, 0) is 4.79 Å². The van der Waals surface area contributed by atoms with Crippen LogP contribution in [0.2, 0.25) is 0 Å². The quantitative estimate of drug-likeness (QED) is 0.717. The summed E-state index contributed by atoms with van der Waals surface area (Å²) in [6.45, 7) is 1.92. The minimum atomic E-state index is 0.0276. The lowest BCUT2D eigenvalue weighted by atomic mass is 9.80. The van der Waals surface area contributed by atoms with Gasteiger partial charge in [0.2, 0.25) is 0 Å². The highest BCUT2D eigenvalue weighted by atomic mass is 35.5. The van der Waals surface area contributed by atoms with Crippen molar-refractivity contribution in [3.63, 3.8) is 0 Å². The van der Waals surface area contributed by atoms with Crippen molar-refractivity contribution in [2.75, 3.05) is 0 Å². The highest BCUT2D eigenvalue weighted by Gasteiger charge is 2.25. The molecular weight excluding hydrogens is 232 g/mol. The number of hydrogen-bond acceptors (Lipinski definition) is 1. The molecule has 0 radical (unpaired) electrons. The summed E-state index contributed by atoms with van der Waals surface area (Å²) in [4.78, 5) is 11.7. The van der Waals surface area contributed by atoms with Crippen LogP contribution in [0.5, 0.6) is 0 Å². The number of ketones is 1. The molecule has 0 aromatic heterocycles. The third-order valence-corrected chi connectivity index (χ3v) is 4.37. The predicted octanol–water partition coefficient (Wildman–Crippen LogP) is 4.61. The van der Waals surface area contributed by atoms with Gasteiger partial charge in [0.25, 0.3) is 0 Å². The Balaban J connectivity index is 2.04. The van der Waals surface area contributed by atoms with Crippen LogP contribution in [0.15, 0.2) is 22.8 Å². The Morgan fingerprint density at radius 2 is 2.06 bits per heavy atom. The van der Waals surface area contributed by atoms with Gasteiger partial charge >= 0.3 is 0 Å². The highest BCUT2D eigenvalue weighted by molar-refractivity contribution is 6.32. The number of rotatable bonds is 3. The van der Waals surface area contributed by atoms with Crippen LogP contribution in [0, 0.1) is 11.8 Å². The Kier molecular flexibility index (Phi) is 4.44. The molecule has 2 heteroatoms. The van der Waals surface area contributed by atoms with Crippen LogP contribution in [0.3, 0.4) is 0 Å². The van der Waals surface area contributed by atoms with Gasteiger partial charge in [-0.15, -0.1) is 0 Å². The number of hydrogen-bond donors (Lipinski definition) is 0. The molecule has 0 aromatic carbocycles.